The van der Waals surface area contributed by atoms with E-state index in [4.69, 9.17) is 4.74 Å². The Morgan fingerprint density at radius 3 is 2.44 bits per heavy atom. The first-order valence-electron chi connectivity index (χ1n) is 6.80. The average molecular weight is 250 g/mol. The molecule has 2 N–H and O–H groups in total. The summed E-state index contributed by atoms with van der Waals surface area (Å²) in [7, 11) is 0. The molecule has 0 spiro atoms. The van der Waals surface area contributed by atoms with E-state index < -0.39 is 18.3 Å². The Morgan fingerprint density at radius 1 is 1.06 bits per heavy atom. The number of hydrogen-bond acceptors (Lipinski definition) is 3. The van der Waals surface area contributed by atoms with Crippen LogP contribution in [0.1, 0.15) is 44.3 Å². The van der Waals surface area contributed by atoms with E-state index >= 15 is 0 Å². The lowest BCUT2D eigenvalue weighted by molar-refractivity contribution is 0.00189. The predicted molar refractivity (Wildman–Crippen MR) is 70.2 cm³/mol. The average Bonchev–Trinajstić information content (AvgIpc) is 2.68. The Hall–Kier alpha value is -0.900. The number of benzene rings is 1. The molecule has 0 radical (unpaired) electrons. The van der Waals surface area contributed by atoms with Gasteiger partial charge in [0.1, 0.15) is 18.3 Å². The lowest BCUT2D eigenvalue weighted by Gasteiger charge is -2.14. The molecule has 0 aliphatic carbocycles. The van der Waals surface area contributed by atoms with E-state index in [0.29, 0.717) is 0 Å². The van der Waals surface area contributed by atoms with Gasteiger partial charge in [-0.3, -0.25) is 0 Å². The van der Waals surface area contributed by atoms with Crippen molar-refractivity contribution in [3.8, 4) is 0 Å². The molecule has 1 saturated heterocycles. The second-order valence-corrected chi connectivity index (χ2v) is 4.98. The van der Waals surface area contributed by atoms with Gasteiger partial charge in [-0.15, -0.1) is 0 Å². The number of aliphatic hydroxyl groups is 2. The number of unbranched alkanes of at least 4 members (excludes halogenated alkanes) is 2. The molecule has 2 rings (SSSR count). The van der Waals surface area contributed by atoms with Crippen LogP contribution in [0.3, 0.4) is 0 Å². The lowest BCUT2D eigenvalue weighted by atomic mass is 9.99. The Balaban J connectivity index is 1.98. The molecule has 100 valence electrons. The molecule has 1 aromatic carbocycles. The molecular formula is C15H22O3. The maximum atomic E-state index is 10.1. The Labute approximate surface area is 108 Å². The number of aliphatic hydroxyl groups excluding tert-OH is 2. The highest BCUT2D eigenvalue weighted by atomic mass is 16.5. The lowest BCUT2D eigenvalue weighted by Crippen LogP contribution is -2.30. The third-order valence-corrected chi connectivity index (χ3v) is 3.58. The number of rotatable bonds is 5. The van der Waals surface area contributed by atoms with Crippen molar-refractivity contribution in [1.82, 2.24) is 0 Å². The first-order valence-corrected chi connectivity index (χ1v) is 6.80. The van der Waals surface area contributed by atoms with Crippen molar-refractivity contribution in [2.75, 3.05) is 0 Å². The van der Waals surface area contributed by atoms with Crippen molar-refractivity contribution in [3.63, 3.8) is 0 Å². The smallest absolute Gasteiger partial charge is 0.113 e. The molecule has 1 aliphatic rings. The zero-order chi connectivity index (χ0) is 13.0. The summed E-state index contributed by atoms with van der Waals surface area (Å²) < 4.78 is 5.82. The second-order valence-electron chi connectivity index (χ2n) is 4.98. The van der Waals surface area contributed by atoms with Gasteiger partial charge in [-0.1, -0.05) is 56.5 Å². The van der Waals surface area contributed by atoms with Crippen LogP contribution in [0, 0.1) is 0 Å². The number of ether oxygens (including phenoxy) is 1. The molecular weight excluding hydrogens is 228 g/mol. The van der Waals surface area contributed by atoms with Crippen molar-refractivity contribution in [2.45, 2.75) is 57.0 Å². The van der Waals surface area contributed by atoms with E-state index in [1.807, 2.05) is 30.3 Å². The van der Waals surface area contributed by atoms with Crippen LogP contribution in [0.25, 0.3) is 0 Å². The van der Waals surface area contributed by atoms with Gasteiger partial charge in [0.2, 0.25) is 0 Å². The monoisotopic (exact) mass is 250 g/mol. The van der Waals surface area contributed by atoms with Gasteiger partial charge in [0.25, 0.3) is 0 Å². The summed E-state index contributed by atoms with van der Waals surface area (Å²) >= 11 is 0. The van der Waals surface area contributed by atoms with Crippen LogP contribution in [0.15, 0.2) is 30.3 Å². The van der Waals surface area contributed by atoms with Gasteiger partial charge in [-0.05, 0) is 12.0 Å². The van der Waals surface area contributed by atoms with Gasteiger partial charge in [-0.2, -0.15) is 0 Å². The summed E-state index contributed by atoms with van der Waals surface area (Å²) in [5.74, 6) is 0. The summed E-state index contributed by atoms with van der Waals surface area (Å²) in [6.45, 7) is 2.15. The first-order chi connectivity index (χ1) is 8.74. The van der Waals surface area contributed by atoms with Gasteiger partial charge < -0.3 is 14.9 Å². The van der Waals surface area contributed by atoms with Crippen LogP contribution in [0.5, 0.6) is 0 Å². The molecule has 0 unspecified atom stereocenters. The molecule has 3 nitrogen and oxygen atoms in total. The van der Waals surface area contributed by atoms with Crippen molar-refractivity contribution in [1.29, 1.82) is 0 Å². The van der Waals surface area contributed by atoms with Gasteiger partial charge >= 0.3 is 0 Å². The topological polar surface area (TPSA) is 49.7 Å². The van der Waals surface area contributed by atoms with E-state index in [0.717, 1.165) is 31.2 Å². The van der Waals surface area contributed by atoms with Crippen molar-refractivity contribution < 1.29 is 14.9 Å². The molecule has 0 bridgehead atoms. The maximum Gasteiger partial charge on any atom is 0.113 e. The van der Waals surface area contributed by atoms with Crippen LogP contribution in [-0.2, 0) is 4.74 Å². The van der Waals surface area contributed by atoms with Crippen molar-refractivity contribution >= 4 is 0 Å². The fraction of sp³-hybridized carbons (Fsp3) is 0.600. The maximum absolute atomic E-state index is 10.1. The predicted octanol–water partition coefficient (Wildman–Crippen LogP) is 2.43. The second kappa shape index (κ2) is 6.32. The van der Waals surface area contributed by atoms with Crippen LogP contribution >= 0.6 is 0 Å². The van der Waals surface area contributed by atoms with Crippen LogP contribution in [0.4, 0.5) is 0 Å². The zero-order valence-electron chi connectivity index (χ0n) is 10.8. The molecule has 0 saturated carbocycles. The normalized spacial score (nSPS) is 31.7. The molecule has 1 aliphatic heterocycles. The summed E-state index contributed by atoms with van der Waals surface area (Å²) in [5, 5.41) is 20.1. The summed E-state index contributed by atoms with van der Waals surface area (Å²) in [6, 6.07) is 9.62. The molecule has 3 heteroatoms. The molecule has 18 heavy (non-hydrogen) atoms. The molecule has 1 heterocycles. The third kappa shape index (κ3) is 2.91. The minimum absolute atomic E-state index is 0.239. The van der Waals surface area contributed by atoms with Crippen molar-refractivity contribution in [2.24, 2.45) is 0 Å². The third-order valence-electron chi connectivity index (χ3n) is 3.58. The summed E-state index contributed by atoms with van der Waals surface area (Å²) in [6.07, 6.45) is 1.91. The molecule has 0 aromatic heterocycles. The highest BCUT2D eigenvalue weighted by Crippen LogP contribution is 2.35. The number of hydrogen-bond donors (Lipinski definition) is 2. The van der Waals surface area contributed by atoms with Crippen LogP contribution in [0.2, 0.25) is 0 Å². The highest BCUT2D eigenvalue weighted by molar-refractivity contribution is 5.20. The fourth-order valence-electron chi connectivity index (χ4n) is 2.50. The Bertz CT molecular complexity index is 352. The van der Waals surface area contributed by atoms with E-state index in [-0.39, 0.29) is 6.10 Å². The largest absolute Gasteiger partial charge is 0.388 e. The molecule has 4 atom stereocenters. The highest BCUT2D eigenvalue weighted by Gasteiger charge is 2.42. The van der Waals surface area contributed by atoms with Crippen LogP contribution < -0.4 is 0 Å². The van der Waals surface area contributed by atoms with E-state index in [2.05, 4.69) is 6.92 Å². The van der Waals surface area contributed by atoms with E-state index in [1.54, 1.807) is 0 Å². The zero-order valence-corrected chi connectivity index (χ0v) is 10.8. The Morgan fingerprint density at radius 2 is 1.78 bits per heavy atom. The quantitative estimate of drug-likeness (QED) is 0.789. The first kappa shape index (κ1) is 13.5. The fourth-order valence-corrected chi connectivity index (χ4v) is 2.50. The molecule has 1 fully saturated rings. The molecule has 0 amide bonds. The van der Waals surface area contributed by atoms with Crippen LogP contribution in [-0.4, -0.2) is 28.5 Å². The molecule has 1 aromatic rings. The summed E-state index contributed by atoms with van der Waals surface area (Å²) in [4.78, 5) is 0. The van der Waals surface area contributed by atoms with E-state index in [9.17, 15) is 10.2 Å². The minimum Gasteiger partial charge on any atom is -0.388 e. The van der Waals surface area contributed by atoms with Gasteiger partial charge in [-0.25, -0.2) is 0 Å². The Kier molecular flexibility index (Phi) is 4.75. The van der Waals surface area contributed by atoms with Gasteiger partial charge in [0.05, 0.1) is 6.10 Å². The standard InChI is InChI=1S/C15H22O3/c1-2-3-5-10-12-13(16)14(17)15(18-12)11-8-6-4-7-9-11/h4,6-9,12-17H,2-3,5,10H2,1H3/t12-,13-,14+,15-/m1/s1. The van der Waals surface area contributed by atoms with Gasteiger partial charge in [0.15, 0.2) is 0 Å². The summed E-state index contributed by atoms with van der Waals surface area (Å²) in [5.41, 5.74) is 0.932. The van der Waals surface area contributed by atoms with E-state index in [1.165, 1.54) is 0 Å². The van der Waals surface area contributed by atoms with Crippen molar-refractivity contribution in [3.05, 3.63) is 35.9 Å². The minimum atomic E-state index is -0.820. The van der Waals surface area contributed by atoms with Gasteiger partial charge in [0, 0.05) is 0 Å². The SMILES string of the molecule is CCCCC[C@H]1O[C@H](c2ccccc2)[C@@H](O)[C@@H]1O.